The molecule has 0 aliphatic heterocycles. The van der Waals surface area contributed by atoms with Crippen molar-refractivity contribution in [3.05, 3.63) is 41.5 Å². The molecule has 0 saturated heterocycles. The number of aryl methyl sites for hydroxylation is 1. The third-order valence-corrected chi connectivity index (χ3v) is 2.53. The van der Waals surface area contributed by atoms with Gasteiger partial charge in [-0.3, -0.25) is 10.4 Å². The molecule has 0 fully saturated rings. The van der Waals surface area contributed by atoms with Crippen LogP contribution in [0.4, 0.5) is 11.6 Å². The lowest BCUT2D eigenvalue weighted by Gasteiger charge is -2.05. The average Bonchev–Trinajstić information content (AvgIpc) is 2.45. The molecule has 0 aromatic carbocycles. The number of hydrogen-bond donors (Lipinski definition) is 2. The largest absolute Gasteiger partial charge is 0.384 e. The molecule has 0 aliphatic carbocycles. The molecule has 0 unspecified atom stereocenters. The molecule has 0 radical (unpaired) electrons. The van der Waals surface area contributed by atoms with Gasteiger partial charge in [0.25, 0.3) is 0 Å². The second-order valence-corrected chi connectivity index (χ2v) is 4.00. The molecule has 0 bridgehead atoms. The van der Waals surface area contributed by atoms with Crippen molar-refractivity contribution in [2.24, 2.45) is 10.1 Å². The van der Waals surface area contributed by atoms with Gasteiger partial charge in [-0.1, -0.05) is 0 Å². The van der Waals surface area contributed by atoms with Crippen molar-refractivity contribution in [2.45, 2.75) is 6.92 Å². The Morgan fingerprint density at radius 2 is 2.05 bits per heavy atom. The van der Waals surface area contributed by atoms with Crippen LogP contribution in [0.2, 0.25) is 0 Å². The topological polar surface area (TPSA) is 101 Å². The van der Waals surface area contributed by atoms with Crippen LogP contribution in [0.3, 0.4) is 0 Å². The van der Waals surface area contributed by atoms with E-state index in [4.69, 9.17) is 5.73 Å². The van der Waals surface area contributed by atoms with Gasteiger partial charge in [0, 0.05) is 25.0 Å². The number of nitrogen functional groups attached to an aromatic ring is 1. The van der Waals surface area contributed by atoms with E-state index >= 15 is 0 Å². The van der Waals surface area contributed by atoms with Crippen molar-refractivity contribution >= 4 is 24.1 Å². The van der Waals surface area contributed by atoms with E-state index < -0.39 is 0 Å². The van der Waals surface area contributed by atoms with E-state index in [-0.39, 0.29) is 0 Å². The van der Waals surface area contributed by atoms with E-state index in [1.165, 1.54) is 6.33 Å². The van der Waals surface area contributed by atoms with Gasteiger partial charge in [-0.15, -0.1) is 0 Å². The van der Waals surface area contributed by atoms with E-state index in [0.717, 1.165) is 16.8 Å². The molecule has 7 nitrogen and oxygen atoms in total. The summed E-state index contributed by atoms with van der Waals surface area (Å²) in [6.45, 7) is 1.89. The summed E-state index contributed by atoms with van der Waals surface area (Å²) in [6.07, 6.45) is 6.44. The molecular weight excluding hydrogens is 254 g/mol. The molecule has 0 saturated carbocycles. The van der Waals surface area contributed by atoms with Crippen LogP contribution in [-0.4, -0.2) is 34.4 Å². The number of hydrogen-bond acceptors (Lipinski definition) is 7. The van der Waals surface area contributed by atoms with Crippen molar-refractivity contribution in [3.8, 4) is 0 Å². The lowest BCUT2D eigenvalue weighted by atomic mass is 10.2. The fourth-order valence-electron chi connectivity index (χ4n) is 1.52. The lowest BCUT2D eigenvalue weighted by Crippen LogP contribution is -2.02. The van der Waals surface area contributed by atoms with Gasteiger partial charge >= 0.3 is 0 Å². The normalized spacial score (nSPS) is 11.3. The van der Waals surface area contributed by atoms with Gasteiger partial charge in [-0.2, -0.15) is 5.10 Å². The summed E-state index contributed by atoms with van der Waals surface area (Å²) in [6, 6.07) is 3.54. The third-order valence-electron chi connectivity index (χ3n) is 2.53. The molecule has 102 valence electrons. The highest BCUT2D eigenvalue weighted by molar-refractivity contribution is 5.88. The Bertz CT molecular complexity index is 632. The summed E-state index contributed by atoms with van der Waals surface area (Å²) >= 11 is 0. The smallest absolute Gasteiger partial charge is 0.158 e. The molecule has 0 spiro atoms. The van der Waals surface area contributed by atoms with Crippen LogP contribution in [0.25, 0.3) is 0 Å². The quantitative estimate of drug-likeness (QED) is 0.642. The maximum absolute atomic E-state index is 5.51. The highest BCUT2D eigenvalue weighted by Crippen LogP contribution is 2.12. The van der Waals surface area contributed by atoms with Gasteiger partial charge in [0.1, 0.15) is 12.1 Å². The average molecular weight is 269 g/mol. The zero-order valence-electron chi connectivity index (χ0n) is 11.3. The van der Waals surface area contributed by atoms with Crippen LogP contribution in [-0.2, 0) is 0 Å². The molecule has 2 aromatic heterocycles. The Labute approximate surface area is 116 Å². The monoisotopic (exact) mass is 269 g/mol. The zero-order valence-corrected chi connectivity index (χ0v) is 11.3. The standard InChI is InChI=1S/C13H15N7/c1-9-11(7-15-2)13(18-8-17-9)20-19-6-10-3-4-12(14)16-5-10/h3-8H,1-2H3,(H2,14,16)(H,17,18,20)/b15-7?,19-6+. The number of nitrogens with two attached hydrogens (primary N) is 1. The Hall–Kier alpha value is -2.83. The maximum atomic E-state index is 5.51. The highest BCUT2D eigenvalue weighted by atomic mass is 15.3. The molecule has 0 aliphatic rings. The summed E-state index contributed by atoms with van der Waals surface area (Å²) in [5, 5.41) is 4.12. The van der Waals surface area contributed by atoms with Crippen LogP contribution < -0.4 is 11.2 Å². The number of anilines is 2. The maximum Gasteiger partial charge on any atom is 0.158 e. The second-order valence-electron chi connectivity index (χ2n) is 4.00. The van der Waals surface area contributed by atoms with Gasteiger partial charge in [0.2, 0.25) is 0 Å². The fraction of sp³-hybridized carbons (Fsp3) is 0.154. The van der Waals surface area contributed by atoms with E-state index in [9.17, 15) is 0 Å². The summed E-state index contributed by atoms with van der Waals surface area (Å²) in [7, 11) is 1.69. The molecular formula is C13H15N7. The predicted octanol–water partition coefficient (Wildman–Crippen LogP) is 1.26. The van der Waals surface area contributed by atoms with E-state index in [1.807, 2.05) is 13.0 Å². The van der Waals surface area contributed by atoms with E-state index in [1.54, 1.807) is 31.7 Å². The van der Waals surface area contributed by atoms with Crippen molar-refractivity contribution < 1.29 is 0 Å². The lowest BCUT2D eigenvalue weighted by molar-refractivity contribution is 1.08. The first kappa shape index (κ1) is 13.6. The Morgan fingerprint density at radius 3 is 2.75 bits per heavy atom. The number of aromatic nitrogens is 3. The Kier molecular flexibility index (Phi) is 4.33. The molecule has 7 heteroatoms. The number of hydrazone groups is 1. The molecule has 2 heterocycles. The van der Waals surface area contributed by atoms with Crippen LogP contribution in [0.1, 0.15) is 16.8 Å². The minimum Gasteiger partial charge on any atom is -0.384 e. The Morgan fingerprint density at radius 1 is 1.20 bits per heavy atom. The molecule has 0 amide bonds. The first-order valence-corrected chi connectivity index (χ1v) is 5.95. The third kappa shape index (κ3) is 3.35. The van der Waals surface area contributed by atoms with Gasteiger partial charge in [0.05, 0.1) is 17.5 Å². The minimum atomic E-state index is 0.475. The number of pyridine rings is 1. The fourth-order valence-corrected chi connectivity index (χ4v) is 1.52. The first-order valence-electron chi connectivity index (χ1n) is 5.95. The van der Waals surface area contributed by atoms with Crippen LogP contribution >= 0.6 is 0 Å². The second kappa shape index (κ2) is 6.37. The summed E-state index contributed by atoms with van der Waals surface area (Å²) < 4.78 is 0. The molecule has 2 rings (SSSR count). The molecule has 2 aromatic rings. The first-order chi connectivity index (χ1) is 9.70. The number of nitrogens with one attached hydrogen (secondary N) is 1. The number of aliphatic imine (C=N–C) groups is 1. The van der Waals surface area contributed by atoms with Crippen LogP contribution in [0, 0.1) is 6.92 Å². The zero-order chi connectivity index (χ0) is 14.4. The van der Waals surface area contributed by atoms with Crippen molar-refractivity contribution in [3.63, 3.8) is 0 Å². The van der Waals surface area contributed by atoms with Crippen molar-refractivity contribution in [2.75, 3.05) is 18.2 Å². The van der Waals surface area contributed by atoms with Gasteiger partial charge < -0.3 is 5.73 Å². The predicted molar refractivity (Wildman–Crippen MR) is 80.2 cm³/mol. The van der Waals surface area contributed by atoms with Crippen LogP contribution in [0.15, 0.2) is 34.8 Å². The highest BCUT2D eigenvalue weighted by Gasteiger charge is 2.04. The van der Waals surface area contributed by atoms with E-state index in [2.05, 4.69) is 30.5 Å². The van der Waals surface area contributed by atoms with Gasteiger partial charge in [-0.25, -0.2) is 15.0 Å². The molecule has 0 atom stereocenters. The van der Waals surface area contributed by atoms with Crippen molar-refractivity contribution in [1.82, 2.24) is 15.0 Å². The minimum absolute atomic E-state index is 0.475. The summed E-state index contributed by atoms with van der Waals surface area (Å²) in [5.74, 6) is 1.07. The van der Waals surface area contributed by atoms with E-state index in [0.29, 0.717) is 11.6 Å². The van der Waals surface area contributed by atoms with Crippen molar-refractivity contribution in [1.29, 1.82) is 0 Å². The summed E-state index contributed by atoms with van der Waals surface area (Å²) in [5.41, 5.74) is 10.9. The van der Waals surface area contributed by atoms with Gasteiger partial charge in [0.15, 0.2) is 5.82 Å². The summed E-state index contributed by atoms with van der Waals surface area (Å²) in [4.78, 5) is 16.2. The van der Waals surface area contributed by atoms with Crippen LogP contribution in [0.5, 0.6) is 0 Å². The molecule has 20 heavy (non-hydrogen) atoms. The Balaban J connectivity index is 2.14. The SMILES string of the molecule is CN=Cc1c(C)ncnc1N/N=C/c1ccc(N)nc1. The number of rotatable bonds is 4. The van der Waals surface area contributed by atoms with Gasteiger partial charge in [-0.05, 0) is 19.1 Å². The molecule has 3 N–H and O–H groups in total. The number of nitrogens with zero attached hydrogens (tertiary/aromatic N) is 5.